The van der Waals surface area contributed by atoms with Crippen molar-refractivity contribution in [3.63, 3.8) is 0 Å². The molecule has 1 aliphatic carbocycles. The number of benzene rings is 1. The monoisotopic (exact) mass is 291 g/mol. The van der Waals surface area contributed by atoms with E-state index in [1.807, 2.05) is 13.8 Å². The zero-order valence-electron chi connectivity index (χ0n) is 13.6. The van der Waals surface area contributed by atoms with E-state index in [1.54, 1.807) is 7.05 Å². The highest BCUT2D eigenvalue weighted by Gasteiger charge is 2.52. The third-order valence-corrected chi connectivity index (χ3v) is 4.32. The van der Waals surface area contributed by atoms with Gasteiger partial charge in [0.05, 0.1) is 7.11 Å². The summed E-state index contributed by atoms with van der Waals surface area (Å²) in [7, 11) is 3.23. The van der Waals surface area contributed by atoms with E-state index in [2.05, 4.69) is 24.4 Å². The van der Waals surface area contributed by atoms with Crippen molar-refractivity contribution >= 4 is 5.97 Å². The molecule has 0 radical (unpaired) electrons. The summed E-state index contributed by atoms with van der Waals surface area (Å²) in [5, 5.41) is 3.15. The van der Waals surface area contributed by atoms with Gasteiger partial charge in [0, 0.05) is 0 Å². The minimum Gasteiger partial charge on any atom is -0.490 e. The van der Waals surface area contributed by atoms with Crippen LogP contribution in [0.5, 0.6) is 5.75 Å². The fraction of sp³-hybridized carbons (Fsp3) is 0.588. The second kappa shape index (κ2) is 6.06. The Morgan fingerprint density at radius 2 is 1.86 bits per heavy atom. The number of rotatable bonds is 6. The van der Waals surface area contributed by atoms with Crippen LogP contribution in [0.25, 0.3) is 0 Å². The number of methoxy groups -OCH3 is 1. The molecule has 4 nitrogen and oxygen atoms in total. The molecule has 116 valence electrons. The molecule has 21 heavy (non-hydrogen) atoms. The van der Waals surface area contributed by atoms with Gasteiger partial charge in [0.2, 0.25) is 0 Å². The summed E-state index contributed by atoms with van der Waals surface area (Å²) in [6.07, 6.45) is 2.07. The summed E-state index contributed by atoms with van der Waals surface area (Å²) < 4.78 is 11.0. The van der Waals surface area contributed by atoms with Crippen LogP contribution < -0.4 is 10.1 Å². The molecule has 2 rings (SSSR count). The summed E-state index contributed by atoms with van der Waals surface area (Å²) >= 11 is 0. The van der Waals surface area contributed by atoms with E-state index in [0.29, 0.717) is 12.5 Å². The molecule has 1 aliphatic rings. The van der Waals surface area contributed by atoms with Crippen molar-refractivity contribution in [2.45, 2.75) is 39.2 Å². The molecular weight excluding hydrogens is 266 g/mol. The Labute approximate surface area is 126 Å². The molecule has 1 unspecified atom stereocenters. The Bertz CT molecular complexity index is 514. The molecule has 1 fully saturated rings. The first-order valence-corrected chi connectivity index (χ1v) is 7.42. The van der Waals surface area contributed by atoms with Crippen LogP contribution >= 0.6 is 0 Å². The van der Waals surface area contributed by atoms with E-state index in [1.165, 1.54) is 12.7 Å². The lowest BCUT2D eigenvalue weighted by molar-refractivity contribution is -0.151. The summed E-state index contributed by atoms with van der Waals surface area (Å²) in [6.45, 7) is 6.43. The normalized spacial score (nSPS) is 17.2. The molecule has 0 aromatic heterocycles. The van der Waals surface area contributed by atoms with E-state index >= 15 is 0 Å². The Kier molecular flexibility index (Phi) is 4.57. The first-order valence-electron chi connectivity index (χ1n) is 7.42. The Hall–Kier alpha value is -1.55. The first kappa shape index (κ1) is 15.8. The minimum absolute atomic E-state index is 0.241. The summed E-state index contributed by atoms with van der Waals surface area (Å²) in [5.41, 5.74) is 2.67. The number of hydrogen-bond acceptors (Lipinski definition) is 4. The number of likely N-dealkylation sites (N-methyl/N-ethyl adjacent to an activating group) is 1. The maximum atomic E-state index is 12.2. The van der Waals surface area contributed by atoms with Crippen LogP contribution in [-0.2, 0) is 9.53 Å². The van der Waals surface area contributed by atoms with Crippen molar-refractivity contribution in [2.24, 2.45) is 5.92 Å². The maximum Gasteiger partial charge on any atom is 0.329 e. The van der Waals surface area contributed by atoms with Gasteiger partial charge >= 0.3 is 5.97 Å². The van der Waals surface area contributed by atoms with E-state index < -0.39 is 5.54 Å². The van der Waals surface area contributed by atoms with E-state index in [-0.39, 0.29) is 5.97 Å². The van der Waals surface area contributed by atoms with Crippen molar-refractivity contribution in [2.75, 3.05) is 20.8 Å². The van der Waals surface area contributed by atoms with Gasteiger partial charge in [-0.2, -0.15) is 0 Å². The van der Waals surface area contributed by atoms with Gasteiger partial charge in [-0.3, -0.25) is 0 Å². The summed E-state index contributed by atoms with van der Waals surface area (Å²) in [6, 6.07) is 4.19. The zero-order valence-corrected chi connectivity index (χ0v) is 13.6. The van der Waals surface area contributed by atoms with Crippen LogP contribution in [0.4, 0.5) is 0 Å². The van der Waals surface area contributed by atoms with Crippen LogP contribution in [0.3, 0.4) is 0 Å². The van der Waals surface area contributed by atoms with Crippen LogP contribution in [0.2, 0.25) is 0 Å². The van der Waals surface area contributed by atoms with Crippen LogP contribution in [0, 0.1) is 26.7 Å². The highest BCUT2D eigenvalue weighted by Crippen LogP contribution is 2.41. The molecule has 0 heterocycles. The second-order valence-corrected chi connectivity index (χ2v) is 6.00. The quantitative estimate of drug-likeness (QED) is 0.818. The molecule has 4 heteroatoms. The molecule has 0 aliphatic heterocycles. The molecule has 0 bridgehead atoms. The Morgan fingerprint density at radius 1 is 1.29 bits per heavy atom. The van der Waals surface area contributed by atoms with Gasteiger partial charge in [0.15, 0.2) is 5.54 Å². The fourth-order valence-corrected chi connectivity index (χ4v) is 3.06. The van der Waals surface area contributed by atoms with Gasteiger partial charge in [0.25, 0.3) is 0 Å². The van der Waals surface area contributed by atoms with Gasteiger partial charge in [-0.05, 0) is 57.7 Å². The summed E-state index contributed by atoms with van der Waals surface area (Å²) in [5.74, 6) is 0.917. The topological polar surface area (TPSA) is 47.6 Å². The lowest BCUT2D eigenvalue weighted by Crippen LogP contribution is -2.57. The van der Waals surface area contributed by atoms with E-state index in [4.69, 9.17) is 9.47 Å². The smallest absolute Gasteiger partial charge is 0.329 e. The molecule has 0 amide bonds. The number of carbonyl (C=O) groups is 1. The minimum atomic E-state index is -0.738. The predicted octanol–water partition coefficient (Wildman–Crippen LogP) is 2.53. The zero-order chi connectivity index (χ0) is 15.6. The third kappa shape index (κ3) is 3.05. The average molecular weight is 291 g/mol. The van der Waals surface area contributed by atoms with Crippen LogP contribution in [0.15, 0.2) is 12.1 Å². The molecule has 1 saturated carbocycles. The number of nitrogens with one attached hydrogen (secondary N) is 1. The molecule has 1 aromatic carbocycles. The number of esters is 1. The van der Waals surface area contributed by atoms with Gasteiger partial charge in [0.1, 0.15) is 12.4 Å². The van der Waals surface area contributed by atoms with Gasteiger partial charge in [-0.1, -0.05) is 17.7 Å². The predicted molar refractivity (Wildman–Crippen MR) is 82.7 cm³/mol. The number of hydrogen-bond donors (Lipinski definition) is 1. The Balaban J connectivity index is 2.21. The van der Waals surface area contributed by atoms with Crippen molar-refractivity contribution in [3.8, 4) is 5.75 Å². The molecule has 0 saturated heterocycles. The average Bonchev–Trinajstić information content (AvgIpc) is 3.26. The second-order valence-electron chi connectivity index (χ2n) is 6.00. The van der Waals surface area contributed by atoms with Crippen molar-refractivity contribution < 1.29 is 14.3 Å². The molecule has 0 spiro atoms. The van der Waals surface area contributed by atoms with E-state index in [0.717, 1.165) is 29.7 Å². The lowest BCUT2D eigenvalue weighted by Gasteiger charge is -2.31. The molecule has 1 N–H and O–H groups in total. The lowest BCUT2D eigenvalue weighted by atomic mass is 9.94. The largest absolute Gasteiger partial charge is 0.490 e. The van der Waals surface area contributed by atoms with Gasteiger partial charge in [-0.15, -0.1) is 0 Å². The van der Waals surface area contributed by atoms with Crippen LogP contribution in [-0.4, -0.2) is 32.3 Å². The number of carbonyl (C=O) groups excluding carboxylic acids is 1. The third-order valence-electron chi connectivity index (χ3n) is 4.32. The maximum absolute atomic E-state index is 12.2. The SMILES string of the molecule is CNC(COc1c(C)cc(C)cc1C)(C(=O)OC)C1CC1. The van der Waals surface area contributed by atoms with Gasteiger partial charge in [-0.25, -0.2) is 4.79 Å². The highest BCUT2D eigenvalue weighted by molar-refractivity contribution is 5.82. The summed E-state index contributed by atoms with van der Waals surface area (Å²) in [4.78, 5) is 12.2. The first-order chi connectivity index (χ1) is 9.94. The number of ether oxygens (including phenoxy) is 2. The Morgan fingerprint density at radius 3 is 2.29 bits per heavy atom. The molecular formula is C17H25NO3. The van der Waals surface area contributed by atoms with Crippen molar-refractivity contribution in [1.29, 1.82) is 0 Å². The fourth-order valence-electron chi connectivity index (χ4n) is 3.06. The van der Waals surface area contributed by atoms with Crippen LogP contribution in [0.1, 0.15) is 29.5 Å². The molecule has 1 atom stereocenters. The van der Waals surface area contributed by atoms with Crippen molar-refractivity contribution in [3.05, 3.63) is 28.8 Å². The number of aryl methyl sites for hydroxylation is 3. The van der Waals surface area contributed by atoms with Gasteiger partial charge < -0.3 is 14.8 Å². The highest BCUT2D eigenvalue weighted by atomic mass is 16.5. The van der Waals surface area contributed by atoms with Crippen molar-refractivity contribution in [1.82, 2.24) is 5.32 Å². The standard InChI is InChI=1S/C17H25NO3/c1-11-8-12(2)15(13(3)9-11)21-10-17(18-4,14-6-7-14)16(19)20-5/h8-9,14,18H,6-7,10H2,1-5H3. The molecule has 1 aromatic rings. The van der Waals surface area contributed by atoms with E-state index in [9.17, 15) is 4.79 Å².